The normalized spacial score (nSPS) is 12.2. The largest absolute Gasteiger partial charge is 0.361 e. The molecule has 0 aliphatic carbocycles. The minimum atomic E-state index is -1.09. The molecule has 2 heterocycles. The van der Waals surface area contributed by atoms with Crippen LogP contribution in [0.15, 0.2) is 36.5 Å². The number of nitrogens with zero attached hydrogens (tertiary/aromatic N) is 2. The maximum Gasteiger partial charge on any atom is 0.305 e. The van der Waals surface area contributed by atoms with Crippen LogP contribution >= 0.6 is 0 Å². The van der Waals surface area contributed by atoms with Crippen LogP contribution in [0.3, 0.4) is 0 Å². The fraction of sp³-hybridized carbons (Fsp3) is 0. The minimum Gasteiger partial charge on any atom is -0.361 e. The second-order valence-corrected chi connectivity index (χ2v) is 5.52. The van der Waals surface area contributed by atoms with Crippen molar-refractivity contribution in [2.75, 3.05) is 5.32 Å². The van der Waals surface area contributed by atoms with E-state index in [4.69, 9.17) is 0 Å². The fourth-order valence-electron chi connectivity index (χ4n) is 2.50. The third kappa shape index (κ3) is 3.25. The summed E-state index contributed by atoms with van der Waals surface area (Å²) in [5.74, 6) is -3.72. The third-order valence-corrected chi connectivity index (χ3v) is 3.80. The molecule has 10 nitrogen and oxygen atoms in total. The summed E-state index contributed by atoms with van der Waals surface area (Å²) in [5, 5.41) is 23.4. The van der Waals surface area contributed by atoms with Crippen molar-refractivity contribution < 1.29 is 28.2 Å². The Morgan fingerprint density at radius 2 is 1.50 bits per heavy atom. The Morgan fingerprint density at radius 1 is 0.893 bits per heavy atom. The van der Waals surface area contributed by atoms with Crippen LogP contribution in [0.4, 0.5) is 25.8 Å². The Bertz CT molecular complexity index is 1170. The van der Waals surface area contributed by atoms with Gasteiger partial charge in [-0.05, 0) is 6.07 Å². The zero-order chi connectivity index (χ0) is 20.6. The van der Waals surface area contributed by atoms with Crippen molar-refractivity contribution in [2.24, 2.45) is 0 Å². The number of nitrogens with one attached hydrogen (secondary N) is 2. The number of fused-ring (bicyclic) bond motifs is 2. The number of amides is 1. The quantitative estimate of drug-likeness (QED) is 0.390. The highest BCUT2D eigenvalue weighted by Gasteiger charge is 2.31. The van der Waals surface area contributed by atoms with Crippen molar-refractivity contribution in [3.05, 3.63) is 74.0 Å². The zero-order valence-electron chi connectivity index (χ0n) is 13.6. The number of H-pyrrole nitrogens is 1. The topological polar surface area (TPSA) is 148 Å². The van der Waals surface area contributed by atoms with Crippen molar-refractivity contribution in [3.8, 4) is 0 Å². The molecule has 1 aliphatic rings. The van der Waals surface area contributed by atoms with E-state index in [1.54, 1.807) is 12.3 Å². The van der Waals surface area contributed by atoms with E-state index >= 15 is 0 Å². The van der Waals surface area contributed by atoms with Gasteiger partial charge in [-0.1, -0.05) is 0 Å². The van der Waals surface area contributed by atoms with Gasteiger partial charge in [-0.2, -0.15) is 8.78 Å². The number of Topliss-reactive ketones (excluding diaryl/α,β-unsaturated/α-hetero) is 1. The SMILES string of the molecule is O=C1Nc2cc(F)c([N+](=O)[O-])cc2C1=O.O=[N+]([O-])c1cc2cc[nH]c2cc1F. The first-order valence-electron chi connectivity index (χ1n) is 7.43. The molecule has 2 N–H and O–H groups in total. The number of carbonyl (C=O) groups excluding carboxylic acids is 2. The summed E-state index contributed by atoms with van der Waals surface area (Å²) in [7, 11) is 0. The van der Waals surface area contributed by atoms with Crippen molar-refractivity contribution in [1.82, 2.24) is 4.98 Å². The average Bonchev–Trinajstić information content (AvgIpc) is 3.17. The molecule has 0 radical (unpaired) electrons. The monoisotopic (exact) mass is 390 g/mol. The number of aromatic amines is 1. The van der Waals surface area contributed by atoms with E-state index in [0.717, 1.165) is 18.2 Å². The first-order valence-corrected chi connectivity index (χ1v) is 7.43. The van der Waals surface area contributed by atoms with Gasteiger partial charge in [0.2, 0.25) is 11.6 Å². The maximum atomic E-state index is 13.0. The number of nitro benzene ring substituents is 2. The first-order chi connectivity index (χ1) is 13.2. The van der Waals surface area contributed by atoms with Crippen LogP contribution in [-0.2, 0) is 4.79 Å². The maximum absolute atomic E-state index is 13.0. The lowest BCUT2D eigenvalue weighted by molar-refractivity contribution is -0.387. The van der Waals surface area contributed by atoms with Gasteiger partial charge < -0.3 is 10.3 Å². The Balaban J connectivity index is 0.000000162. The van der Waals surface area contributed by atoms with Crippen LogP contribution in [0.25, 0.3) is 10.9 Å². The lowest BCUT2D eigenvalue weighted by atomic mass is 10.1. The number of carbonyl (C=O) groups is 2. The molecule has 1 aromatic heterocycles. The summed E-state index contributed by atoms with van der Waals surface area (Å²) in [6.07, 6.45) is 1.60. The number of hydrogen-bond donors (Lipinski definition) is 2. The molecule has 4 rings (SSSR count). The van der Waals surface area contributed by atoms with Crippen LogP contribution in [0.2, 0.25) is 0 Å². The fourth-order valence-corrected chi connectivity index (χ4v) is 2.50. The molecule has 12 heteroatoms. The van der Waals surface area contributed by atoms with Gasteiger partial charge in [-0.15, -0.1) is 0 Å². The Labute approximate surface area is 153 Å². The highest BCUT2D eigenvalue weighted by molar-refractivity contribution is 6.51. The minimum absolute atomic E-state index is 0.0342. The molecule has 0 unspecified atom stereocenters. The molecule has 3 aromatic rings. The van der Waals surface area contributed by atoms with Gasteiger partial charge in [0.05, 0.1) is 21.1 Å². The highest BCUT2D eigenvalue weighted by atomic mass is 19.1. The summed E-state index contributed by atoms with van der Waals surface area (Å²) in [6, 6.07) is 5.50. The van der Waals surface area contributed by atoms with Gasteiger partial charge >= 0.3 is 11.4 Å². The second-order valence-electron chi connectivity index (χ2n) is 5.52. The average molecular weight is 390 g/mol. The predicted molar refractivity (Wildman–Crippen MR) is 90.9 cm³/mol. The summed E-state index contributed by atoms with van der Waals surface area (Å²) in [4.78, 5) is 43.8. The van der Waals surface area contributed by atoms with E-state index in [9.17, 15) is 38.6 Å². The number of aromatic nitrogens is 1. The Kier molecular flexibility index (Phi) is 4.53. The number of halogens is 2. The molecule has 142 valence electrons. The molecule has 1 amide bonds. The van der Waals surface area contributed by atoms with E-state index < -0.39 is 44.5 Å². The van der Waals surface area contributed by atoms with Gasteiger partial charge in [0.25, 0.3) is 11.7 Å². The van der Waals surface area contributed by atoms with Gasteiger partial charge in [0.1, 0.15) is 0 Å². The van der Waals surface area contributed by atoms with Crippen molar-refractivity contribution >= 4 is 39.7 Å². The van der Waals surface area contributed by atoms with Gasteiger partial charge in [0.15, 0.2) is 0 Å². The van der Waals surface area contributed by atoms with E-state index in [2.05, 4.69) is 10.3 Å². The Morgan fingerprint density at radius 3 is 2.14 bits per heavy atom. The van der Waals surface area contributed by atoms with E-state index in [1.165, 1.54) is 6.07 Å². The molecular weight excluding hydrogens is 382 g/mol. The number of hydrogen-bond acceptors (Lipinski definition) is 6. The summed E-state index contributed by atoms with van der Waals surface area (Å²) in [5.41, 5.74) is -0.963. The molecule has 0 bridgehead atoms. The third-order valence-electron chi connectivity index (χ3n) is 3.80. The van der Waals surface area contributed by atoms with Crippen molar-refractivity contribution in [3.63, 3.8) is 0 Å². The lowest BCUT2D eigenvalue weighted by Crippen LogP contribution is -2.12. The predicted octanol–water partition coefficient (Wildman–Crippen LogP) is 3.08. The lowest BCUT2D eigenvalue weighted by Gasteiger charge is -1.97. The molecular formula is C16H8F2N4O6. The van der Waals surface area contributed by atoms with Gasteiger partial charge in [-0.3, -0.25) is 29.8 Å². The molecule has 0 saturated heterocycles. The zero-order valence-corrected chi connectivity index (χ0v) is 13.6. The van der Waals surface area contributed by atoms with Crippen LogP contribution in [0, 0.1) is 31.9 Å². The number of rotatable bonds is 2. The second kappa shape index (κ2) is 6.83. The summed E-state index contributed by atoms with van der Waals surface area (Å²) < 4.78 is 26.0. The van der Waals surface area contributed by atoms with Gasteiger partial charge in [-0.25, -0.2) is 0 Å². The van der Waals surface area contributed by atoms with E-state index in [-0.39, 0.29) is 11.3 Å². The molecule has 28 heavy (non-hydrogen) atoms. The smallest absolute Gasteiger partial charge is 0.305 e. The molecule has 0 spiro atoms. The number of ketones is 1. The van der Waals surface area contributed by atoms with E-state index in [0.29, 0.717) is 10.9 Å². The molecule has 0 fully saturated rings. The van der Waals surface area contributed by atoms with Crippen molar-refractivity contribution in [2.45, 2.75) is 0 Å². The van der Waals surface area contributed by atoms with E-state index in [1.807, 2.05) is 0 Å². The number of benzene rings is 2. The number of nitro groups is 2. The highest BCUT2D eigenvalue weighted by Crippen LogP contribution is 2.29. The first kappa shape index (κ1) is 18.6. The van der Waals surface area contributed by atoms with Crippen LogP contribution in [0.1, 0.15) is 10.4 Å². The molecule has 1 aliphatic heterocycles. The molecule has 0 atom stereocenters. The Hall–Kier alpha value is -4.22. The van der Waals surface area contributed by atoms with Gasteiger partial charge in [0, 0.05) is 41.4 Å². The summed E-state index contributed by atoms with van der Waals surface area (Å²) in [6.45, 7) is 0. The summed E-state index contributed by atoms with van der Waals surface area (Å²) >= 11 is 0. The number of anilines is 1. The van der Waals surface area contributed by atoms with Crippen LogP contribution < -0.4 is 5.32 Å². The molecule has 0 saturated carbocycles. The van der Waals surface area contributed by atoms with Crippen LogP contribution in [-0.4, -0.2) is 26.5 Å². The molecule has 2 aromatic carbocycles. The standard InChI is InChI=1S/C8H3FN2O4.C8H5FN2O2/c9-4-2-5-3(1-6(4)11(14)15)7(12)8(13)10-5;9-6-4-7-5(1-2-10-7)3-8(6)11(12)13/h1-2H,(H,10,12,13);1-4,10H. The van der Waals surface area contributed by atoms with Crippen LogP contribution in [0.5, 0.6) is 0 Å². The van der Waals surface area contributed by atoms with Crippen molar-refractivity contribution in [1.29, 1.82) is 0 Å².